The largest absolute Gasteiger partial charge is 0.394 e. The van der Waals surface area contributed by atoms with Crippen LogP contribution in [0.25, 0.3) is 11.1 Å². The van der Waals surface area contributed by atoms with Crippen LogP contribution in [0.3, 0.4) is 0 Å². The second-order valence-corrected chi connectivity index (χ2v) is 10.4. The van der Waals surface area contributed by atoms with Crippen LogP contribution in [-0.4, -0.2) is 65.6 Å². The van der Waals surface area contributed by atoms with E-state index in [1.165, 1.54) is 0 Å². The summed E-state index contributed by atoms with van der Waals surface area (Å²) in [5, 5.41) is 10.0. The molecular weight excluding hydrogens is 476 g/mol. The van der Waals surface area contributed by atoms with E-state index in [9.17, 15) is 14.7 Å². The Labute approximate surface area is 225 Å². The third-order valence-electron chi connectivity index (χ3n) is 7.59. The Hall–Kier alpha value is -3.48. The first-order chi connectivity index (χ1) is 18.3. The highest BCUT2D eigenvalue weighted by Crippen LogP contribution is 2.31. The quantitative estimate of drug-likeness (QED) is 0.504. The maximum Gasteiger partial charge on any atom is 0.254 e. The lowest BCUT2D eigenvalue weighted by atomic mass is 9.94. The topological polar surface area (TPSA) is 70.1 Å². The second kappa shape index (κ2) is 12.4. The van der Waals surface area contributed by atoms with Crippen molar-refractivity contribution in [3.63, 3.8) is 0 Å². The number of aliphatic hydroxyl groups is 1. The number of likely N-dealkylation sites (N-methyl/N-ethyl adjacent to an activating group) is 1. The lowest BCUT2D eigenvalue weighted by molar-refractivity contribution is -0.134. The zero-order chi connectivity index (χ0) is 27.2. The van der Waals surface area contributed by atoms with Gasteiger partial charge < -0.3 is 19.6 Å². The molecule has 3 aromatic carbocycles. The van der Waals surface area contributed by atoms with Crippen molar-refractivity contribution in [2.24, 2.45) is 5.92 Å². The van der Waals surface area contributed by atoms with Gasteiger partial charge >= 0.3 is 0 Å². The highest BCUT2D eigenvalue weighted by molar-refractivity contribution is 6.01. The average Bonchev–Trinajstić information content (AvgIpc) is 2.97. The van der Waals surface area contributed by atoms with E-state index in [-0.39, 0.29) is 42.4 Å². The molecule has 38 heavy (non-hydrogen) atoms. The summed E-state index contributed by atoms with van der Waals surface area (Å²) < 4.78 is 6.54. The number of aliphatic hydroxyl groups excluding tert-OH is 1. The summed E-state index contributed by atoms with van der Waals surface area (Å²) in [6, 6.07) is 25.0. The Morgan fingerprint density at radius 3 is 2.26 bits per heavy atom. The number of carbonyl (C=O) groups is 2. The van der Waals surface area contributed by atoms with Gasteiger partial charge in [0.25, 0.3) is 5.91 Å². The molecule has 3 aromatic rings. The van der Waals surface area contributed by atoms with Crippen molar-refractivity contribution in [1.29, 1.82) is 0 Å². The van der Waals surface area contributed by atoms with Crippen molar-refractivity contribution >= 4 is 11.8 Å². The highest BCUT2D eigenvalue weighted by atomic mass is 16.5. The number of carbonyl (C=O) groups excluding carboxylic acids is 2. The minimum atomic E-state index is -0.368. The van der Waals surface area contributed by atoms with Crippen LogP contribution in [0.4, 0.5) is 0 Å². The van der Waals surface area contributed by atoms with Crippen molar-refractivity contribution in [3.8, 4) is 11.1 Å². The van der Waals surface area contributed by atoms with Gasteiger partial charge in [0.15, 0.2) is 0 Å². The SMILES string of the molecule is C[C@@H]1CN([C@H](C)CO)C(=O)c2ccccc2-c2ccccc2CO[C@@H]1CN(C)C(=O)[C@H](C)c1ccccc1. The van der Waals surface area contributed by atoms with Crippen LogP contribution in [0.15, 0.2) is 78.9 Å². The molecule has 1 heterocycles. The van der Waals surface area contributed by atoms with E-state index in [4.69, 9.17) is 4.74 Å². The summed E-state index contributed by atoms with van der Waals surface area (Å²) in [5.41, 5.74) is 4.36. The Balaban J connectivity index is 1.67. The Morgan fingerprint density at radius 2 is 1.58 bits per heavy atom. The summed E-state index contributed by atoms with van der Waals surface area (Å²) in [5.74, 6) is -0.466. The van der Waals surface area contributed by atoms with Crippen molar-refractivity contribution in [3.05, 3.63) is 95.6 Å². The standard InChI is InChI=1S/C32H38N2O4/c1-22-18-34(23(2)20-35)32(37)29-17-11-10-16-28(29)27-15-9-8-14-26(27)21-38-30(22)19-33(4)31(36)24(3)25-12-6-5-7-13-25/h5-17,22-24,30,35H,18-21H2,1-4H3/t22-,23-,24-,30-/m1/s1. The van der Waals surface area contributed by atoms with E-state index in [2.05, 4.69) is 0 Å². The summed E-state index contributed by atoms with van der Waals surface area (Å²) in [6.45, 7) is 6.83. The average molecular weight is 515 g/mol. The molecule has 4 rings (SSSR count). The minimum absolute atomic E-state index is 0.0192. The molecule has 6 heteroatoms. The molecule has 4 atom stereocenters. The molecule has 0 unspecified atom stereocenters. The summed E-state index contributed by atoms with van der Waals surface area (Å²) in [4.78, 5) is 30.7. The normalized spacial score (nSPS) is 19.5. The maximum atomic E-state index is 13.9. The van der Waals surface area contributed by atoms with Gasteiger partial charge in [0.2, 0.25) is 5.91 Å². The third-order valence-corrected chi connectivity index (χ3v) is 7.59. The van der Waals surface area contributed by atoms with Gasteiger partial charge in [-0.05, 0) is 42.2 Å². The highest BCUT2D eigenvalue weighted by Gasteiger charge is 2.32. The molecule has 0 spiro atoms. The zero-order valence-corrected chi connectivity index (χ0v) is 22.7. The predicted octanol–water partition coefficient (Wildman–Crippen LogP) is 4.97. The van der Waals surface area contributed by atoms with Gasteiger partial charge in [0, 0.05) is 31.6 Å². The number of amides is 2. The van der Waals surface area contributed by atoms with Crippen LogP contribution in [-0.2, 0) is 16.1 Å². The Morgan fingerprint density at radius 1 is 0.974 bits per heavy atom. The fourth-order valence-corrected chi connectivity index (χ4v) is 5.13. The smallest absolute Gasteiger partial charge is 0.254 e. The van der Waals surface area contributed by atoms with Crippen molar-refractivity contribution in [1.82, 2.24) is 9.80 Å². The second-order valence-electron chi connectivity index (χ2n) is 10.4. The number of hydrogen-bond donors (Lipinski definition) is 1. The minimum Gasteiger partial charge on any atom is -0.394 e. The molecule has 0 aliphatic carbocycles. The van der Waals surface area contributed by atoms with E-state index in [0.29, 0.717) is 25.3 Å². The fraction of sp³-hybridized carbons (Fsp3) is 0.375. The van der Waals surface area contributed by atoms with E-state index in [1.54, 1.807) is 9.80 Å². The van der Waals surface area contributed by atoms with Gasteiger partial charge in [0.1, 0.15) is 0 Å². The first kappa shape index (κ1) is 27.6. The van der Waals surface area contributed by atoms with E-state index < -0.39 is 0 Å². The number of fused-ring (bicyclic) bond motifs is 3. The summed E-state index contributed by atoms with van der Waals surface area (Å²) in [7, 11) is 1.81. The van der Waals surface area contributed by atoms with Gasteiger partial charge in [-0.3, -0.25) is 9.59 Å². The van der Waals surface area contributed by atoms with Gasteiger partial charge in [-0.25, -0.2) is 0 Å². The van der Waals surface area contributed by atoms with Crippen LogP contribution >= 0.6 is 0 Å². The lowest BCUT2D eigenvalue weighted by Crippen LogP contribution is -2.48. The zero-order valence-electron chi connectivity index (χ0n) is 22.7. The van der Waals surface area contributed by atoms with E-state index in [0.717, 1.165) is 22.3 Å². The number of benzene rings is 3. The van der Waals surface area contributed by atoms with Crippen LogP contribution < -0.4 is 0 Å². The molecule has 0 aromatic heterocycles. The molecule has 1 N–H and O–H groups in total. The molecular formula is C32H38N2O4. The number of nitrogens with zero attached hydrogens (tertiary/aromatic N) is 2. The maximum absolute atomic E-state index is 13.9. The Kier molecular flexibility index (Phi) is 8.97. The van der Waals surface area contributed by atoms with Gasteiger partial charge in [0.05, 0.1) is 31.3 Å². The Bertz CT molecular complexity index is 1240. The van der Waals surface area contributed by atoms with E-state index in [1.807, 2.05) is 107 Å². The molecule has 0 saturated carbocycles. The first-order valence-electron chi connectivity index (χ1n) is 13.3. The van der Waals surface area contributed by atoms with Crippen LogP contribution in [0, 0.1) is 5.92 Å². The summed E-state index contributed by atoms with van der Waals surface area (Å²) >= 11 is 0. The van der Waals surface area contributed by atoms with Crippen molar-refractivity contribution in [2.75, 3.05) is 26.7 Å². The van der Waals surface area contributed by atoms with Crippen LogP contribution in [0.5, 0.6) is 0 Å². The van der Waals surface area contributed by atoms with Crippen LogP contribution in [0.1, 0.15) is 48.2 Å². The summed E-state index contributed by atoms with van der Waals surface area (Å²) in [6.07, 6.45) is -0.317. The third kappa shape index (κ3) is 5.98. The fourth-order valence-electron chi connectivity index (χ4n) is 5.13. The molecule has 0 radical (unpaired) electrons. The monoisotopic (exact) mass is 514 g/mol. The molecule has 1 aliphatic rings. The molecule has 2 amide bonds. The molecule has 6 nitrogen and oxygen atoms in total. The first-order valence-corrected chi connectivity index (χ1v) is 13.3. The lowest BCUT2D eigenvalue weighted by Gasteiger charge is -2.35. The molecule has 0 fully saturated rings. The van der Waals surface area contributed by atoms with E-state index >= 15 is 0 Å². The van der Waals surface area contributed by atoms with Crippen LogP contribution in [0.2, 0.25) is 0 Å². The molecule has 0 saturated heterocycles. The van der Waals surface area contributed by atoms with Crippen molar-refractivity contribution in [2.45, 2.75) is 45.4 Å². The molecule has 200 valence electrons. The predicted molar refractivity (Wildman–Crippen MR) is 150 cm³/mol. The molecule has 0 bridgehead atoms. The van der Waals surface area contributed by atoms with Gasteiger partial charge in [-0.15, -0.1) is 0 Å². The van der Waals surface area contributed by atoms with Gasteiger partial charge in [-0.2, -0.15) is 0 Å². The number of hydrogen-bond acceptors (Lipinski definition) is 4. The molecule has 1 aliphatic heterocycles. The number of ether oxygens (including phenoxy) is 1. The van der Waals surface area contributed by atoms with Gasteiger partial charge in [-0.1, -0.05) is 79.7 Å². The number of rotatable bonds is 6. The van der Waals surface area contributed by atoms with Crippen molar-refractivity contribution < 1.29 is 19.4 Å².